The minimum atomic E-state index is 1.10. The van der Waals surface area contributed by atoms with Crippen molar-refractivity contribution >= 4 is 106 Å². The minimum Gasteiger partial charge on any atom is -0.310 e. The summed E-state index contributed by atoms with van der Waals surface area (Å²) in [6, 6.07) is 110. The number of allylic oxidation sites excluding steroid dienone is 4. The summed E-state index contributed by atoms with van der Waals surface area (Å²) in [6.07, 6.45) is 30.6. The van der Waals surface area contributed by atoms with Crippen molar-refractivity contribution in [3.05, 3.63) is 450 Å². The molecule has 0 saturated carbocycles. The van der Waals surface area contributed by atoms with Crippen LogP contribution in [-0.2, 0) is 0 Å². The normalized spacial score (nSPS) is 11.6. The molecule has 0 aliphatic rings. The Kier molecular flexibility index (Phi) is 22.3. The number of hydrogen-bond donors (Lipinski definition) is 0. The van der Waals surface area contributed by atoms with E-state index in [4.69, 9.17) is 0 Å². The van der Waals surface area contributed by atoms with Gasteiger partial charge in [-0.05, 0) is 216 Å². The Balaban J connectivity index is 0.630. The largest absolute Gasteiger partial charge is 0.310 e. The topological polar surface area (TPSA) is 6.48 Å². The highest BCUT2D eigenvalue weighted by molar-refractivity contribution is 5.86. The third-order valence-electron chi connectivity index (χ3n) is 19.0. The van der Waals surface area contributed by atoms with Gasteiger partial charge >= 0.3 is 0 Å². The highest BCUT2D eigenvalue weighted by atomic mass is 15.1. The molecule has 506 valence electrons. The van der Waals surface area contributed by atoms with Gasteiger partial charge in [0.15, 0.2) is 0 Å². The molecule has 0 N–H and O–H groups in total. The molecule has 0 aromatic heterocycles. The third kappa shape index (κ3) is 18.3. The fourth-order valence-electron chi connectivity index (χ4n) is 13.0. The Hall–Kier alpha value is -12.6. The van der Waals surface area contributed by atoms with Crippen molar-refractivity contribution in [1.82, 2.24) is 0 Å². The predicted octanol–water partition coefficient (Wildman–Crippen LogP) is 28.1. The number of nitrogens with zero attached hydrogens (tertiary/aromatic N) is 2. The Morgan fingerprint density at radius 1 is 0.192 bits per heavy atom. The lowest BCUT2D eigenvalue weighted by molar-refractivity contribution is 1.24. The first-order chi connectivity index (χ1) is 50.7. The summed E-state index contributed by atoms with van der Waals surface area (Å²) >= 11 is 0. The van der Waals surface area contributed by atoms with Crippen molar-refractivity contribution < 1.29 is 0 Å². The van der Waals surface area contributed by atoms with Crippen LogP contribution in [0.5, 0.6) is 0 Å². The molecule has 0 unspecified atom stereocenters. The van der Waals surface area contributed by atoms with E-state index in [1.165, 1.54) is 77.9 Å². The van der Waals surface area contributed by atoms with Crippen LogP contribution in [0.15, 0.2) is 328 Å². The first kappa shape index (κ1) is 69.8. The zero-order valence-corrected chi connectivity index (χ0v) is 60.8. The smallest absolute Gasteiger partial charge is 0.0490 e. The van der Waals surface area contributed by atoms with E-state index in [1.807, 2.05) is 0 Å². The van der Waals surface area contributed by atoms with Gasteiger partial charge in [-0.2, -0.15) is 0 Å². The van der Waals surface area contributed by atoms with Crippen LogP contribution in [0.3, 0.4) is 0 Å². The van der Waals surface area contributed by atoms with Gasteiger partial charge in [-0.25, -0.2) is 0 Å². The van der Waals surface area contributed by atoms with Crippen LogP contribution in [0.25, 0.3) is 71.9 Å². The predicted molar refractivity (Wildman–Crippen MR) is 453 cm³/mol. The fourth-order valence-corrected chi connectivity index (χ4v) is 13.0. The lowest BCUT2D eigenvalue weighted by Crippen LogP contribution is -2.11. The summed E-state index contributed by atoms with van der Waals surface area (Å²) in [6.45, 7) is 17.2. The molecule has 0 radical (unpaired) electrons. The van der Waals surface area contributed by atoms with Crippen molar-refractivity contribution in [3.8, 4) is 0 Å². The number of hydrogen-bond acceptors (Lipinski definition) is 2. The molecule has 0 fully saturated rings. The first-order valence-electron chi connectivity index (χ1n) is 36.0. The Morgan fingerprint density at radius 3 is 0.577 bits per heavy atom. The molecular weight excluding hydrogens is 1250 g/mol. The van der Waals surface area contributed by atoms with Crippen LogP contribution in [0.4, 0.5) is 34.1 Å². The fraction of sp³-hybridized carbons (Fsp3) is 0.0784. The van der Waals surface area contributed by atoms with E-state index in [2.05, 4.69) is 454 Å². The highest BCUT2D eigenvalue weighted by Gasteiger charge is 2.17. The maximum absolute atomic E-state index is 2.36. The van der Waals surface area contributed by atoms with Gasteiger partial charge in [0.1, 0.15) is 0 Å². The average molecular weight is 1340 g/mol. The van der Waals surface area contributed by atoms with Crippen molar-refractivity contribution in [2.24, 2.45) is 0 Å². The summed E-state index contributed by atoms with van der Waals surface area (Å²) < 4.78 is 0. The van der Waals surface area contributed by atoms with Gasteiger partial charge in [-0.15, -0.1) is 0 Å². The van der Waals surface area contributed by atoms with Crippen molar-refractivity contribution in [2.75, 3.05) is 9.80 Å². The number of rotatable bonds is 22. The summed E-state index contributed by atoms with van der Waals surface area (Å²) in [7, 11) is 0. The molecule has 2 heteroatoms. The van der Waals surface area contributed by atoms with Crippen LogP contribution >= 0.6 is 0 Å². The molecule has 0 amide bonds. The van der Waals surface area contributed by atoms with Gasteiger partial charge in [-0.1, -0.05) is 361 Å². The van der Waals surface area contributed by atoms with Crippen LogP contribution in [0.1, 0.15) is 122 Å². The molecule has 0 bridgehead atoms. The van der Waals surface area contributed by atoms with Gasteiger partial charge < -0.3 is 9.80 Å². The Morgan fingerprint density at radius 2 is 0.375 bits per heavy atom. The standard InChI is InChI=1S/C102H88N2/c1-73-15-53-91(54-16-73)99(92-55-17-74(2)18-56-92)13-9-11-81-25-29-83(30-26-81)37-41-87-45-61-95(62-46-87)103(101-69-23-77(5)71-79(101)7)97-65-49-89(50-66-97)43-39-85-33-35-86(36-34-85)40-44-90-51-67-98(68-52-90)104(102-70-24-78(6)72-80(102)8)96-63-47-88(48-64-96)42-38-84-31-27-82(28-32-84)12-10-14-100(93-57-19-75(3)20-58-93)94-59-21-76(4)22-60-94/h9-72H,1-8H3/b11-9+,12-10+,41-37+,42-38+,43-39+,44-40+. The molecule has 13 aromatic carbocycles. The van der Waals surface area contributed by atoms with Crippen LogP contribution in [0.2, 0.25) is 0 Å². The SMILES string of the molecule is Cc1ccc(C(=C/C=C/c2ccc(/C=C/c3ccc(N(c4ccc(/C=C/c5ccc(/C=C/c6ccc(N(c7ccc(/C=C/c8ccc(/C=C/C=C(c9ccc(C)cc9)c9ccc(C)cc9)cc8)cc7)c7ccc(C)cc7C)cc6)cc5)cc4)c4ccc(C)cc4C)cc3)cc2)c2ccc(C)cc2)cc1. The quantitative estimate of drug-likeness (QED) is 0.0493. The van der Waals surface area contributed by atoms with Crippen LogP contribution in [-0.4, -0.2) is 0 Å². The van der Waals surface area contributed by atoms with E-state index >= 15 is 0 Å². The molecule has 0 aliphatic carbocycles. The van der Waals surface area contributed by atoms with E-state index in [9.17, 15) is 0 Å². The highest BCUT2D eigenvalue weighted by Crippen LogP contribution is 2.40. The number of aryl methyl sites for hydroxylation is 8. The van der Waals surface area contributed by atoms with Crippen LogP contribution in [0, 0.1) is 55.4 Å². The van der Waals surface area contributed by atoms with E-state index in [0.717, 1.165) is 89.8 Å². The molecule has 0 spiro atoms. The minimum absolute atomic E-state index is 1.10. The van der Waals surface area contributed by atoms with Gasteiger partial charge in [0.2, 0.25) is 0 Å². The molecule has 13 rings (SSSR count). The van der Waals surface area contributed by atoms with E-state index in [1.54, 1.807) is 0 Å². The first-order valence-corrected chi connectivity index (χ1v) is 36.0. The summed E-state index contributed by atoms with van der Waals surface area (Å²) in [4.78, 5) is 4.72. The van der Waals surface area contributed by atoms with Crippen LogP contribution < -0.4 is 9.80 Å². The Bertz CT molecular complexity index is 4870. The zero-order chi connectivity index (χ0) is 71.7. The second kappa shape index (κ2) is 33.2. The van der Waals surface area contributed by atoms with Gasteiger partial charge in [0.05, 0.1) is 0 Å². The molecule has 13 aromatic rings. The Labute approximate surface area is 617 Å². The van der Waals surface area contributed by atoms with E-state index in [-0.39, 0.29) is 0 Å². The zero-order valence-electron chi connectivity index (χ0n) is 60.8. The van der Waals surface area contributed by atoms with E-state index < -0.39 is 0 Å². The molecule has 0 heterocycles. The molecule has 0 atom stereocenters. The van der Waals surface area contributed by atoms with Crippen molar-refractivity contribution in [3.63, 3.8) is 0 Å². The molecular formula is C102H88N2. The van der Waals surface area contributed by atoms with Gasteiger partial charge in [-0.3, -0.25) is 0 Å². The van der Waals surface area contributed by atoms with Crippen molar-refractivity contribution in [1.29, 1.82) is 0 Å². The molecule has 104 heavy (non-hydrogen) atoms. The van der Waals surface area contributed by atoms with Crippen molar-refractivity contribution in [2.45, 2.75) is 55.4 Å². The second-order valence-electron chi connectivity index (χ2n) is 27.3. The van der Waals surface area contributed by atoms with Gasteiger partial charge in [0, 0.05) is 34.1 Å². The lowest BCUT2D eigenvalue weighted by atomic mass is 9.96. The number of benzene rings is 13. The molecule has 0 saturated heterocycles. The van der Waals surface area contributed by atoms with Gasteiger partial charge in [0.25, 0.3) is 0 Å². The van der Waals surface area contributed by atoms with E-state index in [0.29, 0.717) is 0 Å². The molecule has 2 nitrogen and oxygen atoms in total. The third-order valence-corrected chi connectivity index (χ3v) is 19.0. The lowest BCUT2D eigenvalue weighted by Gasteiger charge is -2.27. The maximum Gasteiger partial charge on any atom is 0.0490 e. The summed E-state index contributed by atoms with van der Waals surface area (Å²) in [5.74, 6) is 0. The monoisotopic (exact) mass is 1340 g/mol. The summed E-state index contributed by atoms with van der Waals surface area (Å²) in [5.41, 5.74) is 35.3. The second-order valence-corrected chi connectivity index (χ2v) is 27.3. The number of anilines is 6. The maximum atomic E-state index is 2.36. The molecule has 0 aliphatic heterocycles. The summed E-state index contributed by atoms with van der Waals surface area (Å²) in [5, 5.41) is 0. The average Bonchev–Trinajstić information content (AvgIpc) is 0.831.